The quantitative estimate of drug-likeness (QED) is 0.309. The van der Waals surface area contributed by atoms with Gasteiger partial charge in [0.25, 0.3) is 0 Å². The van der Waals surface area contributed by atoms with Crippen molar-refractivity contribution in [2.24, 2.45) is 0 Å². The number of benzene rings is 2. The monoisotopic (exact) mass is 576 g/mol. The summed E-state index contributed by atoms with van der Waals surface area (Å²) in [7, 11) is 0. The first-order valence-corrected chi connectivity index (χ1v) is 12.0. The van der Waals surface area contributed by atoms with Crippen molar-refractivity contribution < 1.29 is 14.2 Å². The molecule has 0 amide bonds. The van der Waals surface area contributed by atoms with Gasteiger partial charge in [0.1, 0.15) is 23.0 Å². The number of hydrogen-bond acceptors (Lipinski definition) is 3. The van der Waals surface area contributed by atoms with E-state index in [9.17, 15) is 0 Å². The van der Waals surface area contributed by atoms with Crippen LogP contribution >= 0.6 is 47.8 Å². The van der Waals surface area contributed by atoms with Crippen molar-refractivity contribution in [1.82, 2.24) is 0 Å². The van der Waals surface area contributed by atoms with Crippen LogP contribution in [0.15, 0.2) is 21.1 Å². The summed E-state index contributed by atoms with van der Waals surface area (Å²) in [6.07, 6.45) is 0.210. The maximum atomic E-state index is 6.41. The summed E-state index contributed by atoms with van der Waals surface area (Å²) in [5.41, 5.74) is 4.10. The maximum absolute atomic E-state index is 6.41. The van der Waals surface area contributed by atoms with E-state index < -0.39 is 0 Å². The molecule has 28 heavy (non-hydrogen) atoms. The number of rotatable bonds is 7. The van der Waals surface area contributed by atoms with E-state index in [4.69, 9.17) is 14.2 Å². The molecular weight excluding hydrogens is 552 g/mol. The van der Waals surface area contributed by atoms with Gasteiger partial charge in [-0.05, 0) is 98.0 Å². The summed E-state index contributed by atoms with van der Waals surface area (Å²) in [5.74, 6) is 3.30. The minimum atomic E-state index is 0.0959. The van der Waals surface area contributed by atoms with Gasteiger partial charge in [0.15, 0.2) is 0 Å². The second-order valence-corrected chi connectivity index (χ2v) is 9.48. The van der Waals surface area contributed by atoms with Crippen LogP contribution in [-0.2, 0) is 5.33 Å². The Labute approximate surface area is 193 Å². The first-order valence-electron chi connectivity index (χ1n) is 9.25. The second kappa shape index (κ2) is 9.86. The smallest absolute Gasteiger partial charge is 0.142 e. The van der Waals surface area contributed by atoms with Crippen molar-refractivity contribution >= 4 is 47.8 Å². The molecule has 0 unspecified atom stereocenters. The summed E-state index contributed by atoms with van der Waals surface area (Å²) in [6.45, 7) is 14.2. The summed E-state index contributed by atoms with van der Waals surface area (Å²) in [6, 6.07) is 4.03. The summed E-state index contributed by atoms with van der Waals surface area (Å²) in [5, 5.41) is 0.662. The fourth-order valence-electron chi connectivity index (χ4n) is 2.90. The lowest BCUT2D eigenvalue weighted by atomic mass is 10.1. The van der Waals surface area contributed by atoms with E-state index in [1.165, 1.54) is 0 Å². The van der Waals surface area contributed by atoms with Gasteiger partial charge in [-0.3, -0.25) is 0 Å². The zero-order valence-corrected chi connectivity index (χ0v) is 22.1. The van der Waals surface area contributed by atoms with Gasteiger partial charge in [-0.2, -0.15) is 0 Å². The molecule has 0 saturated heterocycles. The van der Waals surface area contributed by atoms with Crippen molar-refractivity contribution in [2.75, 3.05) is 0 Å². The molecule has 2 aromatic rings. The Morgan fingerprint density at radius 3 is 1.86 bits per heavy atom. The Morgan fingerprint density at radius 1 is 0.786 bits per heavy atom. The molecule has 6 heteroatoms. The standard InChI is InChI=1S/C22H27Br3O3/c1-11(2)26-18-9-16(10-23)22(15(7)20(18)25)28-17-8-13(5)21(27-12(3)4)14(6)19(17)24/h8-9,11-12H,10H2,1-7H3. The lowest BCUT2D eigenvalue weighted by Crippen LogP contribution is -2.09. The van der Waals surface area contributed by atoms with Crippen molar-refractivity contribution in [3.8, 4) is 23.0 Å². The normalized spacial score (nSPS) is 11.3. The third-order valence-corrected chi connectivity index (χ3v) is 6.72. The molecule has 0 aliphatic carbocycles. The zero-order chi connectivity index (χ0) is 21.2. The average molecular weight is 579 g/mol. The van der Waals surface area contributed by atoms with E-state index in [0.717, 1.165) is 54.2 Å². The first-order chi connectivity index (χ1) is 13.1. The molecule has 0 spiro atoms. The van der Waals surface area contributed by atoms with Crippen LogP contribution in [0.3, 0.4) is 0 Å². The average Bonchev–Trinajstić information content (AvgIpc) is 2.61. The fraction of sp³-hybridized carbons (Fsp3) is 0.455. The molecule has 0 radical (unpaired) electrons. The van der Waals surface area contributed by atoms with Crippen molar-refractivity contribution in [3.05, 3.63) is 43.3 Å². The van der Waals surface area contributed by atoms with Gasteiger partial charge >= 0.3 is 0 Å². The van der Waals surface area contributed by atoms with E-state index in [0.29, 0.717) is 5.33 Å². The van der Waals surface area contributed by atoms with Crippen molar-refractivity contribution in [2.45, 2.75) is 66.0 Å². The molecule has 154 valence electrons. The Kier molecular flexibility index (Phi) is 8.29. The van der Waals surface area contributed by atoms with E-state index in [1.807, 2.05) is 60.6 Å². The van der Waals surface area contributed by atoms with E-state index in [-0.39, 0.29) is 12.2 Å². The van der Waals surface area contributed by atoms with Gasteiger partial charge in [0.2, 0.25) is 0 Å². The third kappa shape index (κ3) is 5.25. The van der Waals surface area contributed by atoms with Gasteiger partial charge in [0.05, 0.1) is 21.2 Å². The Balaban J connectivity index is 2.52. The van der Waals surface area contributed by atoms with Gasteiger partial charge in [-0.1, -0.05) is 15.9 Å². The number of halogens is 3. The van der Waals surface area contributed by atoms with Crippen LogP contribution in [0.1, 0.15) is 49.9 Å². The summed E-state index contributed by atoms with van der Waals surface area (Å²) in [4.78, 5) is 0. The van der Waals surface area contributed by atoms with E-state index in [2.05, 4.69) is 47.8 Å². The number of hydrogen-bond donors (Lipinski definition) is 0. The van der Waals surface area contributed by atoms with Crippen LogP contribution < -0.4 is 14.2 Å². The molecule has 0 aliphatic heterocycles. The highest BCUT2D eigenvalue weighted by atomic mass is 79.9. The molecule has 0 bridgehead atoms. The van der Waals surface area contributed by atoms with Crippen LogP contribution in [0.25, 0.3) is 0 Å². The molecule has 0 N–H and O–H groups in total. The topological polar surface area (TPSA) is 27.7 Å². The molecule has 0 atom stereocenters. The first kappa shape index (κ1) is 23.6. The van der Waals surface area contributed by atoms with Crippen LogP contribution in [0.5, 0.6) is 23.0 Å². The van der Waals surface area contributed by atoms with Crippen LogP contribution in [-0.4, -0.2) is 12.2 Å². The molecule has 0 aromatic heterocycles. The van der Waals surface area contributed by atoms with Gasteiger partial charge < -0.3 is 14.2 Å². The van der Waals surface area contributed by atoms with Gasteiger partial charge in [-0.15, -0.1) is 0 Å². The Bertz CT molecular complexity index is 861. The predicted molar refractivity (Wildman–Crippen MR) is 127 cm³/mol. The van der Waals surface area contributed by atoms with Gasteiger partial charge in [-0.25, -0.2) is 0 Å². The van der Waals surface area contributed by atoms with E-state index >= 15 is 0 Å². The molecule has 2 rings (SSSR count). The van der Waals surface area contributed by atoms with Crippen LogP contribution in [0.2, 0.25) is 0 Å². The zero-order valence-electron chi connectivity index (χ0n) is 17.4. The third-order valence-electron chi connectivity index (χ3n) is 4.15. The summed E-state index contributed by atoms with van der Waals surface area (Å²) < 4.78 is 20.1. The maximum Gasteiger partial charge on any atom is 0.142 e. The highest BCUT2D eigenvalue weighted by Gasteiger charge is 2.20. The number of aryl methyl sites for hydroxylation is 1. The van der Waals surface area contributed by atoms with Crippen LogP contribution in [0.4, 0.5) is 0 Å². The molecule has 3 nitrogen and oxygen atoms in total. The minimum absolute atomic E-state index is 0.0959. The molecular formula is C22H27Br3O3. The molecule has 0 heterocycles. The van der Waals surface area contributed by atoms with Crippen LogP contribution in [0, 0.1) is 20.8 Å². The summed E-state index contributed by atoms with van der Waals surface area (Å²) >= 11 is 11.0. The largest absolute Gasteiger partial charge is 0.490 e. The molecule has 0 fully saturated rings. The van der Waals surface area contributed by atoms with Crippen molar-refractivity contribution in [1.29, 1.82) is 0 Å². The predicted octanol–water partition coefficient (Wildman–Crippen LogP) is 8.40. The highest BCUT2D eigenvalue weighted by molar-refractivity contribution is 9.11. The Morgan fingerprint density at radius 2 is 1.32 bits per heavy atom. The SMILES string of the molecule is Cc1cc(Oc2c(CBr)cc(OC(C)C)c(Br)c2C)c(Br)c(C)c1OC(C)C. The van der Waals surface area contributed by atoms with Crippen molar-refractivity contribution in [3.63, 3.8) is 0 Å². The number of alkyl halides is 1. The lowest BCUT2D eigenvalue weighted by molar-refractivity contribution is 0.238. The van der Waals surface area contributed by atoms with Gasteiger partial charge in [0, 0.05) is 22.0 Å². The second-order valence-electron chi connectivity index (χ2n) is 7.33. The highest BCUT2D eigenvalue weighted by Crippen LogP contribution is 2.45. The van der Waals surface area contributed by atoms with E-state index in [1.54, 1.807) is 0 Å². The fourth-order valence-corrected chi connectivity index (χ4v) is 4.08. The number of ether oxygens (including phenoxy) is 3. The molecule has 0 aliphatic rings. The minimum Gasteiger partial charge on any atom is -0.490 e. The lowest BCUT2D eigenvalue weighted by Gasteiger charge is -2.22. The Hall–Kier alpha value is -0.720. The molecule has 0 saturated carbocycles. The molecule has 2 aromatic carbocycles.